The van der Waals surface area contributed by atoms with Crippen LogP contribution in [0, 0.1) is 6.92 Å². The van der Waals surface area contributed by atoms with Crippen LogP contribution in [-0.4, -0.2) is 21.9 Å². The second kappa shape index (κ2) is 8.13. The fourth-order valence-corrected chi connectivity index (χ4v) is 3.72. The molecular formula is C22H18F6N4O. The van der Waals surface area contributed by atoms with Crippen LogP contribution in [-0.2, 0) is 6.18 Å². The van der Waals surface area contributed by atoms with E-state index in [2.05, 4.69) is 15.7 Å². The monoisotopic (exact) mass is 468 g/mol. The van der Waals surface area contributed by atoms with Crippen LogP contribution in [0.1, 0.15) is 45.6 Å². The number of rotatable bonds is 3. The number of nitrogens with one attached hydrogen (secondary N) is 2. The Bertz CT molecular complexity index is 1170. The fraction of sp³-hybridized carbons (Fsp3) is 0.273. The minimum Gasteiger partial charge on any atom is -0.363 e. The van der Waals surface area contributed by atoms with E-state index in [1.165, 1.54) is 6.07 Å². The lowest BCUT2D eigenvalue weighted by molar-refractivity contribution is -0.173. The number of amides is 1. The number of hydrogen-bond donors (Lipinski definition) is 2. The zero-order valence-electron chi connectivity index (χ0n) is 17.1. The molecule has 3 aromatic rings. The van der Waals surface area contributed by atoms with Gasteiger partial charge in [0.15, 0.2) is 6.04 Å². The quantitative estimate of drug-likeness (QED) is 0.455. The molecule has 1 aromatic heterocycles. The summed E-state index contributed by atoms with van der Waals surface area (Å²) in [5, 5.41) is 9.01. The summed E-state index contributed by atoms with van der Waals surface area (Å²) in [6.07, 6.45) is -8.60. The van der Waals surface area contributed by atoms with Crippen molar-refractivity contribution in [1.82, 2.24) is 9.78 Å². The minimum absolute atomic E-state index is 0.145. The van der Waals surface area contributed by atoms with Crippen molar-refractivity contribution in [2.75, 3.05) is 10.6 Å². The highest BCUT2D eigenvalue weighted by molar-refractivity contribution is 6.07. The molecule has 33 heavy (non-hydrogen) atoms. The molecule has 1 aliphatic rings. The topological polar surface area (TPSA) is 59.0 Å². The Hall–Kier alpha value is -3.50. The SMILES string of the molecule is Cc1ccc([C@H]2C[C@H](C(F)(F)F)n3ncc(C(=O)Nc4cccc(C(F)(F)F)c4)c3N2)cc1. The second-order valence-corrected chi connectivity index (χ2v) is 7.78. The fourth-order valence-electron chi connectivity index (χ4n) is 3.72. The first-order valence-corrected chi connectivity index (χ1v) is 9.89. The van der Waals surface area contributed by atoms with Gasteiger partial charge in [-0.1, -0.05) is 35.9 Å². The van der Waals surface area contributed by atoms with Gasteiger partial charge in [0.2, 0.25) is 0 Å². The number of halogens is 6. The van der Waals surface area contributed by atoms with Crippen molar-refractivity contribution >= 4 is 17.4 Å². The van der Waals surface area contributed by atoms with E-state index in [-0.39, 0.29) is 23.5 Å². The molecule has 11 heteroatoms. The summed E-state index contributed by atoms with van der Waals surface area (Å²) in [4.78, 5) is 12.8. The van der Waals surface area contributed by atoms with Gasteiger partial charge in [0.25, 0.3) is 5.91 Å². The Labute approximate surface area is 184 Å². The van der Waals surface area contributed by atoms with Crippen molar-refractivity contribution in [2.24, 2.45) is 0 Å². The maximum Gasteiger partial charge on any atom is 0.416 e. The molecule has 0 saturated carbocycles. The Balaban J connectivity index is 1.67. The van der Waals surface area contributed by atoms with Crippen molar-refractivity contribution < 1.29 is 31.1 Å². The highest BCUT2D eigenvalue weighted by Gasteiger charge is 2.47. The smallest absolute Gasteiger partial charge is 0.363 e. The average Bonchev–Trinajstić information content (AvgIpc) is 3.16. The lowest BCUT2D eigenvalue weighted by Gasteiger charge is -2.34. The number of benzene rings is 2. The zero-order valence-corrected chi connectivity index (χ0v) is 17.1. The molecular weight excluding hydrogens is 450 g/mol. The molecule has 2 heterocycles. The van der Waals surface area contributed by atoms with Crippen LogP contribution in [0.2, 0.25) is 0 Å². The van der Waals surface area contributed by atoms with Crippen molar-refractivity contribution in [2.45, 2.75) is 37.8 Å². The molecule has 5 nitrogen and oxygen atoms in total. The first-order valence-electron chi connectivity index (χ1n) is 9.89. The van der Waals surface area contributed by atoms with E-state index in [1.807, 2.05) is 6.92 Å². The molecule has 4 rings (SSSR count). The van der Waals surface area contributed by atoms with Crippen LogP contribution >= 0.6 is 0 Å². The van der Waals surface area contributed by atoms with Crippen LogP contribution in [0.3, 0.4) is 0 Å². The van der Waals surface area contributed by atoms with Gasteiger partial charge in [-0.05, 0) is 30.7 Å². The van der Waals surface area contributed by atoms with Crippen molar-refractivity contribution in [3.63, 3.8) is 0 Å². The molecule has 2 N–H and O–H groups in total. The summed E-state index contributed by atoms with van der Waals surface area (Å²) in [5.41, 5.74) is 0.221. The molecule has 0 radical (unpaired) electrons. The average molecular weight is 468 g/mol. The van der Waals surface area contributed by atoms with Crippen molar-refractivity contribution in [3.8, 4) is 0 Å². The molecule has 2 aromatic carbocycles. The van der Waals surface area contributed by atoms with Gasteiger partial charge in [0.1, 0.15) is 11.4 Å². The van der Waals surface area contributed by atoms with E-state index in [1.54, 1.807) is 24.3 Å². The molecule has 0 saturated heterocycles. The summed E-state index contributed by atoms with van der Waals surface area (Å²) in [6, 6.07) is 8.19. The Morgan fingerprint density at radius 2 is 1.79 bits per heavy atom. The lowest BCUT2D eigenvalue weighted by Crippen LogP contribution is -2.36. The normalized spacial score (nSPS) is 18.4. The predicted octanol–water partition coefficient (Wildman–Crippen LogP) is 6.12. The second-order valence-electron chi connectivity index (χ2n) is 7.78. The molecule has 0 bridgehead atoms. The van der Waals surface area contributed by atoms with Gasteiger partial charge in [-0.3, -0.25) is 4.79 Å². The molecule has 174 valence electrons. The third kappa shape index (κ3) is 4.67. The number of aromatic nitrogens is 2. The highest BCUT2D eigenvalue weighted by Crippen LogP contribution is 2.44. The lowest BCUT2D eigenvalue weighted by atomic mass is 9.96. The molecule has 1 amide bonds. The van der Waals surface area contributed by atoms with Crippen molar-refractivity contribution in [1.29, 1.82) is 0 Å². The number of hydrogen-bond acceptors (Lipinski definition) is 3. The van der Waals surface area contributed by atoms with Crippen LogP contribution in [0.25, 0.3) is 0 Å². The Kier molecular flexibility index (Phi) is 5.59. The third-order valence-electron chi connectivity index (χ3n) is 5.41. The zero-order chi connectivity index (χ0) is 24.0. The van der Waals surface area contributed by atoms with Crippen LogP contribution < -0.4 is 10.6 Å². The standard InChI is InChI=1S/C22H18F6N4O/c1-12-5-7-13(8-6-12)17-10-18(22(26,27)28)32-19(31-17)16(11-29-32)20(33)30-15-4-2-3-14(9-15)21(23,24)25/h2-9,11,17-18,31H,10H2,1H3,(H,30,33)/t17-,18-/m1/s1. The van der Waals surface area contributed by atoms with Crippen LogP contribution in [0.5, 0.6) is 0 Å². The van der Waals surface area contributed by atoms with Gasteiger partial charge >= 0.3 is 12.4 Å². The third-order valence-corrected chi connectivity index (χ3v) is 5.41. The summed E-state index contributed by atoms with van der Waals surface area (Å²) >= 11 is 0. The highest BCUT2D eigenvalue weighted by atomic mass is 19.4. The first kappa shape index (κ1) is 22.7. The maximum atomic E-state index is 13.8. The molecule has 1 aliphatic heterocycles. The number of alkyl halides is 6. The molecule has 2 atom stereocenters. The van der Waals surface area contributed by atoms with Crippen molar-refractivity contribution in [3.05, 3.63) is 77.0 Å². The van der Waals surface area contributed by atoms with E-state index >= 15 is 0 Å². The molecule has 0 fully saturated rings. The number of carbonyl (C=O) groups excluding carboxylic acids is 1. The van der Waals surface area contributed by atoms with E-state index in [4.69, 9.17) is 0 Å². The van der Waals surface area contributed by atoms with Gasteiger partial charge in [0.05, 0.1) is 17.8 Å². The number of fused-ring (bicyclic) bond motifs is 1. The Morgan fingerprint density at radius 3 is 2.42 bits per heavy atom. The van der Waals surface area contributed by atoms with E-state index in [0.29, 0.717) is 10.2 Å². The van der Waals surface area contributed by atoms with Gasteiger partial charge < -0.3 is 10.6 Å². The van der Waals surface area contributed by atoms with Gasteiger partial charge in [0, 0.05) is 12.1 Å². The van der Waals surface area contributed by atoms with E-state index in [9.17, 15) is 31.1 Å². The van der Waals surface area contributed by atoms with E-state index < -0.39 is 35.9 Å². The molecule has 0 unspecified atom stereocenters. The van der Waals surface area contributed by atoms with Crippen LogP contribution in [0.4, 0.5) is 37.8 Å². The number of carbonyl (C=O) groups is 1. The number of nitrogens with zero attached hydrogens (tertiary/aromatic N) is 2. The van der Waals surface area contributed by atoms with Gasteiger partial charge in [-0.2, -0.15) is 31.4 Å². The minimum atomic E-state index is -4.62. The Morgan fingerprint density at radius 1 is 1.09 bits per heavy atom. The number of aryl methyl sites for hydroxylation is 1. The van der Waals surface area contributed by atoms with Crippen LogP contribution in [0.15, 0.2) is 54.7 Å². The summed E-state index contributed by atoms with van der Waals surface area (Å²) < 4.78 is 80.9. The first-order chi connectivity index (χ1) is 15.4. The number of anilines is 2. The summed E-state index contributed by atoms with van der Waals surface area (Å²) in [7, 11) is 0. The predicted molar refractivity (Wildman–Crippen MR) is 109 cm³/mol. The largest absolute Gasteiger partial charge is 0.416 e. The molecule has 0 aliphatic carbocycles. The maximum absolute atomic E-state index is 13.8. The van der Waals surface area contributed by atoms with Gasteiger partial charge in [-0.15, -0.1) is 0 Å². The van der Waals surface area contributed by atoms with E-state index in [0.717, 1.165) is 30.0 Å². The summed E-state index contributed by atoms with van der Waals surface area (Å²) in [5.74, 6) is -1.04. The van der Waals surface area contributed by atoms with Gasteiger partial charge in [-0.25, -0.2) is 4.68 Å². The molecule has 0 spiro atoms. The summed E-state index contributed by atoms with van der Waals surface area (Å²) in [6.45, 7) is 1.85.